The van der Waals surface area contributed by atoms with Crippen molar-refractivity contribution in [2.45, 2.75) is 39.0 Å². The van der Waals surface area contributed by atoms with Crippen LogP contribution in [0.2, 0.25) is 0 Å². The molecule has 0 N–H and O–H groups in total. The van der Waals surface area contributed by atoms with E-state index in [4.69, 9.17) is 4.74 Å². The third kappa shape index (κ3) is 3.06. The first-order valence-electron chi connectivity index (χ1n) is 5.81. The van der Waals surface area contributed by atoms with Gasteiger partial charge >= 0.3 is 0 Å². The molecule has 0 fully saturated rings. The fraction of sp³-hybridized carbons (Fsp3) is 0.500. The summed E-state index contributed by atoms with van der Waals surface area (Å²) in [5.74, 6) is -2.92. The van der Waals surface area contributed by atoms with Crippen molar-refractivity contribution >= 4 is 6.29 Å². The average Bonchev–Trinajstić information content (AvgIpc) is 2.27. The van der Waals surface area contributed by atoms with Crippen LogP contribution in [0.15, 0.2) is 12.1 Å². The van der Waals surface area contributed by atoms with E-state index in [9.17, 15) is 13.6 Å². The number of aldehydes is 1. The first kappa shape index (κ1) is 14.6. The molecule has 0 amide bonds. The van der Waals surface area contributed by atoms with Crippen molar-refractivity contribution < 1.29 is 18.3 Å². The number of ether oxygens (including phenoxy) is 1. The van der Waals surface area contributed by atoms with Gasteiger partial charge < -0.3 is 9.53 Å². The third-order valence-corrected chi connectivity index (χ3v) is 2.92. The fourth-order valence-corrected chi connectivity index (χ4v) is 1.99. The summed E-state index contributed by atoms with van der Waals surface area (Å²) in [7, 11) is 1.37. The monoisotopic (exact) mass is 256 g/mol. The topological polar surface area (TPSA) is 26.3 Å². The molecule has 100 valence electrons. The van der Waals surface area contributed by atoms with Crippen LogP contribution in [0.3, 0.4) is 0 Å². The lowest BCUT2D eigenvalue weighted by Crippen LogP contribution is -2.12. The number of carbonyl (C=O) groups is 1. The van der Waals surface area contributed by atoms with Crippen molar-refractivity contribution in [1.29, 1.82) is 0 Å². The van der Waals surface area contributed by atoms with Crippen LogP contribution in [0.25, 0.3) is 0 Å². The van der Waals surface area contributed by atoms with E-state index in [0.29, 0.717) is 5.56 Å². The number of aryl methyl sites for hydroxylation is 1. The van der Waals surface area contributed by atoms with Gasteiger partial charge in [-0.05, 0) is 24.5 Å². The molecule has 1 rings (SSSR count). The van der Waals surface area contributed by atoms with Gasteiger partial charge in [-0.3, -0.25) is 0 Å². The van der Waals surface area contributed by atoms with E-state index in [1.54, 1.807) is 13.0 Å². The number of alkyl halides is 2. The second-order valence-corrected chi connectivity index (χ2v) is 4.63. The van der Waals surface area contributed by atoms with Gasteiger partial charge in [-0.1, -0.05) is 18.6 Å². The predicted octanol–water partition coefficient (Wildman–Crippen LogP) is 3.81. The Labute approximate surface area is 106 Å². The summed E-state index contributed by atoms with van der Waals surface area (Å²) >= 11 is 0. The molecule has 0 bridgehead atoms. The highest BCUT2D eigenvalue weighted by atomic mass is 19.3. The Bertz CT molecular complexity index is 436. The van der Waals surface area contributed by atoms with Crippen molar-refractivity contribution in [3.63, 3.8) is 0 Å². The first-order chi connectivity index (χ1) is 8.31. The summed E-state index contributed by atoms with van der Waals surface area (Å²) in [5.41, 5.74) is 1.26. The van der Waals surface area contributed by atoms with Gasteiger partial charge in [-0.2, -0.15) is 0 Å². The molecular weight excluding hydrogens is 238 g/mol. The van der Waals surface area contributed by atoms with Crippen LogP contribution in [0, 0.1) is 6.92 Å². The predicted molar refractivity (Wildman–Crippen MR) is 66.4 cm³/mol. The standard InChI is InChI=1S/C14H18F2O2/c1-9-7-11(10(2)5-6-17)13(18-4)12(8-9)14(3,15)16/h6-8,10H,5H2,1-4H3. The number of benzene rings is 1. The van der Waals surface area contributed by atoms with Gasteiger partial charge in [-0.25, -0.2) is 8.78 Å². The lowest BCUT2D eigenvalue weighted by Gasteiger charge is -2.21. The van der Waals surface area contributed by atoms with Crippen molar-refractivity contribution in [1.82, 2.24) is 0 Å². The van der Waals surface area contributed by atoms with Crippen LogP contribution in [-0.4, -0.2) is 13.4 Å². The van der Waals surface area contributed by atoms with E-state index in [-0.39, 0.29) is 23.7 Å². The molecule has 0 saturated heterocycles. The van der Waals surface area contributed by atoms with Crippen LogP contribution in [0.5, 0.6) is 5.75 Å². The van der Waals surface area contributed by atoms with Gasteiger partial charge in [-0.15, -0.1) is 0 Å². The lowest BCUT2D eigenvalue weighted by atomic mass is 9.91. The van der Waals surface area contributed by atoms with Crippen molar-refractivity contribution in [2.24, 2.45) is 0 Å². The molecule has 1 aromatic carbocycles. The molecule has 2 nitrogen and oxygen atoms in total. The molecule has 0 aliphatic carbocycles. The molecule has 0 aromatic heterocycles. The zero-order valence-corrected chi connectivity index (χ0v) is 11.1. The number of rotatable bonds is 5. The van der Waals surface area contributed by atoms with E-state index in [1.807, 2.05) is 6.92 Å². The van der Waals surface area contributed by atoms with Gasteiger partial charge in [0.05, 0.1) is 12.7 Å². The SMILES string of the molecule is COc1c(C(C)CC=O)cc(C)cc1C(C)(F)F. The Morgan fingerprint density at radius 3 is 2.50 bits per heavy atom. The molecule has 1 atom stereocenters. The number of hydrogen-bond acceptors (Lipinski definition) is 2. The zero-order valence-electron chi connectivity index (χ0n) is 11.1. The third-order valence-electron chi connectivity index (χ3n) is 2.92. The summed E-state index contributed by atoms with van der Waals surface area (Å²) < 4.78 is 32.3. The number of carbonyl (C=O) groups excluding carboxylic acids is 1. The minimum Gasteiger partial charge on any atom is -0.496 e. The zero-order chi connectivity index (χ0) is 13.9. The maximum atomic E-state index is 13.6. The Kier molecular flexibility index (Phi) is 4.43. The molecule has 0 spiro atoms. The van der Waals surface area contributed by atoms with Gasteiger partial charge in [0.1, 0.15) is 12.0 Å². The van der Waals surface area contributed by atoms with E-state index >= 15 is 0 Å². The highest BCUT2D eigenvalue weighted by molar-refractivity contribution is 5.55. The normalized spacial score (nSPS) is 13.2. The second-order valence-electron chi connectivity index (χ2n) is 4.63. The molecule has 0 aliphatic heterocycles. The van der Waals surface area contributed by atoms with Gasteiger partial charge in [0.25, 0.3) is 5.92 Å². The summed E-state index contributed by atoms with van der Waals surface area (Å²) in [6.07, 6.45) is 1.07. The number of hydrogen-bond donors (Lipinski definition) is 0. The highest BCUT2D eigenvalue weighted by Crippen LogP contribution is 2.40. The minimum absolute atomic E-state index is 0.127. The molecule has 4 heteroatoms. The van der Waals surface area contributed by atoms with E-state index in [1.165, 1.54) is 13.2 Å². The second kappa shape index (κ2) is 5.46. The molecule has 0 radical (unpaired) electrons. The van der Waals surface area contributed by atoms with Crippen LogP contribution >= 0.6 is 0 Å². The van der Waals surface area contributed by atoms with Crippen molar-refractivity contribution in [3.8, 4) is 5.75 Å². The van der Waals surface area contributed by atoms with E-state index < -0.39 is 5.92 Å². The van der Waals surface area contributed by atoms with E-state index in [2.05, 4.69) is 0 Å². The van der Waals surface area contributed by atoms with E-state index in [0.717, 1.165) is 18.8 Å². The molecule has 18 heavy (non-hydrogen) atoms. The van der Waals surface area contributed by atoms with Gasteiger partial charge in [0.15, 0.2) is 0 Å². The minimum atomic E-state index is -2.97. The Hall–Kier alpha value is -1.45. The maximum absolute atomic E-state index is 13.6. The van der Waals surface area contributed by atoms with Crippen LogP contribution in [0.1, 0.15) is 42.9 Å². The number of halogens is 2. The Morgan fingerprint density at radius 2 is 2.06 bits per heavy atom. The summed E-state index contributed by atoms with van der Waals surface area (Å²) in [4.78, 5) is 10.6. The first-order valence-corrected chi connectivity index (χ1v) is 5.81. The highest BCUT2D eigenvalue weighted by Gasteiger charge is 2.31. The molecule has 0 saturated carbocycles. The number of methoxy groups -OCH3 is 1. The summed E-state index contributed by atoms with van der Waals surface area (Å²) in [6, 6.07) is 3.22. The van der Waals surface area contributed by atoms with Crippen LogP contribution in [0.4, 0.5) is 8.78 Å². The van der Waals surface area contributed by atoms with Gasteiger partial charge in [0, 0.05) is 13.3 Å². The molecule has 0 heterocycles. The van der Waals surface area contributed by atoms with Crippen molar-refractivity contribution in [3.05, 3.63) is 28.8 Å². The van der Waals surface area contributed by atoms with Crippen molar-refractivity contribution in [2.75, 3.05) is 7.11 Å². The Morgan fingerprint density at radius 1 is 1.44 bits per heavy atom. The average molecular weight is 256 g/mol. The quantitative estimate of drug-likeness (QED) is 0.749. The Balaban J connectivity index is 3.42. The lowest BCUT2D eigenvalue weighted by molar-refractivity contribution is -0.108. The molecular formula is C14H18F2O2. The summed E-state index contributed by atoms with van der Waals surface area (Å²) in [6.45, 7) is 4.42. The molecule has 1 aromatic rings. The van der Waals surface area contributed by atoms with Crippen LogP contribution in [-0.2, 0) is 10.7 Å². The molecule has 0 aliphatic rings. The maximum Gasteiger partial charge on any atom is 0.274 e. The van der Waals surface area contributed by atoms with Crippen LogP contribution < -0.4 is 4.74 Å². The fourth-order valence-electron chi connectivity index (χ4n) is 1.99. The smallest absolute Gasteiger partial charge is 0.274 e. The summed E-state index contributed by atoms with van der Waals surface area (Å²) in [5, 5.41) is 0. The molecule has 1 unspecified atom stereocenters. The van der Waals surface area contributed by atoms with Gasteiger partial charge in [0.2, 0.25) is 0 Å². The largest absolute Gasteiger partial charge is 0.496 e.